The molecule has 1 aliphatic rings. The summed E-state index contributed by atoms with van der Waals surface area (Å²) in [6, 6.07) is 9.57. The second-order valence-electron chi connectivity index (χ2n) is 8.21. The molecule has 4 rings (SSSR count). The van der Waals surface area contributed by atoms with Gasteiger partial charge in [-0.1, -0.05) is 0 Å². The first-order valence-electron chi connectivity index (χ1n) is 10.7. The Morgan fingerprint density at radius 3 is 2.29 bits per heavy atom. The Labute approximate surface area is 209 Å². The zero-order chi connectivity index (χ0) is 21.6. The van der Waals surface area contributed by atoms with Gasteiger partial charge in [0, 0.05) is 0 Å². The molecule has 0 spiro atoms. The number of hydrogen-bond donors (Lipinski definition) is 0. The SMILES string of the molecule is CCN1/C(=C/C(C)=C/c2[se]c3cc(C)c(C)cc3[n+]2CC)[Se]c2cc(C)c(C)cc21.[Br-]. The minimum atomic E-state index is 0. The minimum Gasteiger partial charge on any atom is -1.00 e. The standard InChI is InChI=1S/C26H31N2Se2.BrH/c1-8-27-21-12-17(4)19(6)14-23(21)29-25(27)10-16(3)11-26-28(9-2)22-13-18(5)20(7)15-24(22)30-26;/h10-15H,8-9H2,1-7H3;1H/q+1;/p-1. The Bertz CT molecular complexity index is 1200. The van der Waals surface area contributed by atoms with Crippen LogP contribution in [-0.2, 0) is 6.54 Å². The topological polar surface area (TPSA) is 7.12 Å². The monoisotopic (exact) mass is 610 g/mol. The second-order valence-corrected chi connectivity index (χ2v) is 12.7. The van der Waals surface area contributed by atoms with E-state index in [1.54, 1.807) is 0 Å². The van der Waals surface area contributed by atoms with Gasteiger partial charge in [-0.15, -0.1) is 0 Å². The van der Waals surface area contributed by atoms with E-state index in [9.17, 15) is 0 Å². The van der Waals surface area contributed by atoms with Gasteiger partial charge in [-0.3, -0.25) is 0 Å². The van der Waals surface area contributed by atoms with Crippen molar-refractivity contribution < 1.29 is 21.5 Å². The Morgan fingerprint density at radius 2 is 1.61 bits per heavy atom. The van der Waals surface area contributed by atoms with Crippen molar-refractivity contribution >= 4 is 55.5 Å². The molecule has 0 amide bonds. The maximum Gasteiger partial charge on any atom is -1.00 e. The number of anilines is 1. The third-order valence-electron chi connectivity index (χ3n) is 6.03. The van der Waals surface area contributed by atoms with Gasteiger partial charge in [0.15, 0.2) is 0 Å². The van der Waals surface area contributed by atoms with Gasteiger partial charge in [-0.05, 0) is 0 Å². The normalized spacial score (nSPS) is 15.0. The molecule has 3 aromatic rings. The molecule has 0 saturated carbocycles. The van der Waals surface area contributed by atoms with Gasteiger partial charge in [0.25, 0.3) is 0 Å². The Hall–Kier alpha value is -1.09. The van der Waals surface area contributed by atoms with Crippen LogP contribution in [0, 0.1) is 27.7 Å². The van der Waals surface area contributed by atoms with Crippen LogP contribution in [0.1, 0.15) is 47.6 Å². The summed E-state index contributed by atoms with van der Waals surface area (Å²) < 4.78 is 8.53. The predicted octanol–water partition coefficient (Wildman–Crippen LogP) is 1.56. The fraction of sp³-hybridized carbons (Fsp3) is 0.346. The molecule has 0 saturated heterocycles. The zero-order valence-corrected chi connectivity index (χ0v) is 24.5. The van der Waals surface area contributed by atoms with Crippen molar-refractivity contribution in [3.8, 4) is 0 Å². The summed E-state index contributed by atoms with van der Waals surface area (Å²) in [6.07, 6.45) is 4.87. The number of rotatable bonds is 4. The Balaban J connectivity index is 0.00000272. The molecule has 0 fully saturated rings. The molecule has 0 radical (unpaired) electrons. The molecule has 0 aliphatic carbocycles. The Kier molecular flexibility index (Phi) is 7.77. The maximum atomic E-state index is 2.52. The molecule has 0 bridgehead atoms. The van der Waals surface area contributed by atoms with E-state index in [1.165, 1.54) is 56.9 Å². The summed E-state index contributed by atoms with van der Waals surface area (Å²) in [5.41, 5.74) is 9.81. The third-order valence-corrected chi connectivity index (χ3v) is 10.6. The zero-order valence-electron chi connectivity index (χ0n) is 19.5. The van der Waals surface area contributed by atoms with Gasteiger partial charge in [0.1, 0.15) is 0 Å². The summed E-state index contributed by atoms with van der Waals surface area (Å²) in [5.74, 6) is 0. The minimum absolute atomic E-state index is 0. The molecular weight excluding hydrogens is 578 g/mol. The van der Waals surface area contributed by atoms with Crippen LogP contribution < -0.4 is 30.9 Å². The number of hydrogen-bond acceptors (Lipinski definition) is 1. The number of benzene rings is 2. The first-order chi connectivity index (χ1) is 14.3. The summed E-state index contributed by atoms with van der Waals surface area (Å²) in [5, 5.41) is 0. The van der Waals surface area contributed by atoms with Crippen molar-refractivity contribution in [3.05, 3.63) is 67.3 Å². The number of aromatic nitrogens is 1. The number of allylic oxidation sites excluding steroid dienone is 2. The van der Waals surface area contributed by atoms with E-state index in [1.807, 2.05) is 0 Å². The second kappa shape index (κ2) is 9.81. The van der Waals surface area contributed by atoms with Crippen LogP contribution in [0.25, 0.3) is 15.9 Å². The van der Waals surface area contributed by atoms with Crippen molar-refractivity contribution in [2.24, 2.45) is 0 Å². The fourth-order valence-corrected chi connectivity index (χ4v) is 9.53. The van der Waals surface area contributed by atoms with Gasteiger partial charge in [0.2, 0.25) is 0 Å². The van der Waals surface area contributed by atoms with Gasteiger partial charge in [-0.2, -0.15) is 0 Å². The van der Waals surface area contributed by atoms with Crippen LogP contribution in [0.4, 0.5) is 5.69 Å². The van der Waals surface area contributed by atoms with Gasteiger partial charge in [0.05, 0.1) is 0 Å². The van der Waals surface area contributed by atoms with E-state index in [4.69, 9.17) is 0 Å². The number of halogens is 1. The molecule has 164 valence electrons. The molecule has 5 heteroatoms. The summed E-state index contributed by atoms with van der Waals surface area (Å²) in [4.78, 5) is 2.52. The van der Waals surface area contributed by atoms with Crippen LogP contribution in [0.15, 0.2) is 40.5 Å². The van der Waals surface area contributed by atoms with Crippen molar-refractivity contribution in [2.75, 3.05) is 11.4 Å². The average Bonchev–Trinajstić information content (AvgIpc) is 3.18. The predicted molar refractivity (Wildman–Crippen MR) is 132 cm³/mol. The van der Waals surface area contributed by atoms with Crippen LogP contribution in [-0.4, -0.2) is 36.0 Å². The summed E-state index contributed by atoms with van der Waals surface area (Å²) in [6.45, 7) is 17.8. The third kappa shape index (κ3) is 4.68. The van der Waals surface area contributed by atoms with Crippen LogP contribution in [0.5, 0.6) is 0 Å². The van der Waals surface area contributed by atoms with E-state index in [0.29, 0.717) is 29.5 Å². The molecule has 2 nitrogen and oxygen atoms in total. The molecular formula is C26H31BrN2Se2. The largest absolute Gasteiger partial charge is 1.00 e. The van der Waals surface area contributed by atoms with Crippen molar-refractivity contribution in [3.63, 3.8) is 0 Å². The van der Waals surface area contributed by atoms with E-state index in [-0.39, 0.29) is 17.0 Å². The van der Waals surface area contributed by atoms with Crippen LogP contribution >= 0.6 is 0 Å². The smallest absolute Gasteiger partial charge is 1.00 e. The Morgan fingerprint density at radius 1 is 0.968 bits per heavy atom. The summed E-state index contributed by atoms with van der Waals surface area (Å²) in [7, 11) is 0. The summed E-state index contributed by atoms with van der Waals surface area (Å²) >= 11 is 0.762. The first kappa shape index (κ1) is 24.5. The molecule has 0 unspecified atom stereocenters. The van der Waals surface area contributed by atoms with E-state index < -0.39 is 0 Å². The fourth-order valence-electron chi connectivity index (χ4n) is 4.01. The van der Waals surface area contributed by atoms with Crippen molar-refractivity contribution in [1.82, 2.24) is 0 Å². The molecule has 0 N–H and O–H groups in total. The van der Waals surface area contributed by atoms with Gasteiger partial charge >= 0.3 is 194 Å². The first-order valence-corrected chi connectivity index (χ1v) is 14.1. The molecule has 1 aliphatic heterocycles. The van der Waals surface area contributed by atoms with Crippen molar-refractivity contribution in [2.45, 2.75) is 55.0 Å². The molecule has 2 heterocycles. The van der Waals surface area contributed by atoms with Gasteiger partial charge in [-0.25, -0.2) is 0 Å². The van der Waals surface area contributed by atoms with E-state index in [0.717, 1.165) is 13.1 Å². The molecule has 31 heavy (non-hydrogen) atoms. The molecule has 0 atom stereocenters. The molecule has 1 aromatic heterocycles. The van der Waals surface area contributed by atoms with E-state index in [2.05, 4.69) is 94.4 Å². The number of nitrogens with zero attached hydrogens (tertiary/aromatic N) is 2. The van der Waals surface area contributed by atoms with Crippen LogP contribution in [0.3, 0.4) is 0 Å². The number of fused-ring (bicyclic) bond motifs is 2. The average molecular weight is 609 g/mol. The molecule has 2 aromatic carbocycles. The van der Waals surface area contributed by atoms with E-state index >= 15 is 0 Å². The van der Waals surface area contributed by atoms with Gasteiger partial charge < -0.3 is 17.0 Å². The maximum absolute atomic E-state index is 2.52. The van der Waals surface area contributed by atoms with Crippen molar-refractivity contribution in [1.29, 1.82) is 0 Å². The van der Waals surface area contributed by atoms with Crippen LogP contribution in [0.2, 0.25) is 0 Å². The number of aryl methyl sites for hydroxylation is 5. The quantitative estimate of drug-likeness (QED) is 0.322.